The van der Waals surface area contributed by atoms with Gasteiger partial charge in [-0.15, -0.1) is 0 Å². The summed E-state index contributed by atoms with van der Waals surface area (Å²) in [7, 11) is 0. The maximum Gasteiger partial charge on any atom is 0.0576 e. The van der Waals surface area contributed by atoms with E-state index in [1.807, 2.05) is 0 Å². The molecule has 3 fully saturated rings. The number of nitrogen functional groups attached to an aromatic ring is 1. The second kappa shape index (κ2) is 6.11. The zero-order valence-electron chi connectivity index (χ0n) is 13.6. The number of likely N-dealkylation sites (tertiary alicyclic amines) is 1. The SMILES string of the molecule is Nc1cc(CN2CCCCC2)ccc1N[C@@H]1C[C@H]2CC[C@@H]1C2. The van der Waals surface area contributed by atoms with E-state index in [-0.39, 0.29) is 0 Å². The van der Waals surface area contributed by atoms with Gasteiger partial charge >= 0.3 is 0 Å². The third-order valence-electron chi connectivity index (χ3n) is 6.05. The minimum absolute atomic E-state index is 0.661. The number of hydrogen-bond donors (Lipinski definition) is 2. The van der Waals surface area contributed by atoms with Crippen LogP contribution in [-0.2, 0) is 6.54 Å². The van der Waals surface area contributed by atoms with Crippen molar-refractivity contribution in [3.63, 3.8) is 0 Å². The molecule has 22 heavy (non-hydrogen) atoms. The third kappa shape index (κ3) is 2.96. The maximum atomic E-state index is 6.32. The Bertz CT molecular complexity index is 521. The van der Waals surface area contributed by atoms with Crippen LogP contribution in [0.2, 0.25) is 0 Å². The third-order valence-corrected chi connectivity index (χ3v) is 6.05. The lowest BCUT2D eigenvalue weighted by Crippen LogP contribution is -2.29. The topological polar surface area (TPSA) is 41.3 Å². The van der Waals surface area contributed by atoms with Gasteiger partial charge in [0.05, 0.1) is 11.4 Å². The second-order valence-corrected chi connectivity index (χ2v) is 7.68. The van der Waals surface area contributed by atoms with Gasteiger partial charge in [0.2, 0.25) is 0 Å². The van der Waals surface area contributed by atoms with Gasteiger partial charge in [0.1, 0.15) is 0 Å². The number of piperidine rings is 1. The van der Waals surface area contributed by atoms with Crippen LogP contribution in [0.4, 0.5) is 11.4 Å². The Kier molecular flexibility index (Phi) is 4.00. The number of hydrogen-bond acceptors (Lipinski definition) is 3. The monoisotopic (exact) mass is 299 g/mol. The molecular formula is C19H29N3. The summed E-state index contributed by atoms with van der Waals surface area (Å²) in [6.45, 7) is 3.54. The normalized spacial score (nSPS) is 31.5. The molecule has 3 atom stereocenters. The van der Waals surface area contributed by atoms with Crippen molar-refractivity contribution in [1.82, 2.24) is 4.90 Å². The first-order valence-corrected chi connectivity index (χ1v) is 9.15. The zero-order chi connectivity index (χ0) is 14.9. The molecule has 3 N–H and O–H groups in total. The molecule has 0 amide bonds. The van der Waals surface area contributed by atoms with Crippen LogP contribution in [0.5, 0.6) is 0 Å². The van der Waals surface area contributed by atoms with Crippen LogP contribution >= 0.6 is 0 Å². The Balaban J connectivity index is 1.39. The van der Waals surface area contributed by atoms with E-state index >= 15 is 0 Å². The fourth-order valence-corrected chi connectivity index (χ4v) is 4.84. The van der Waals surface area contributed by atoms with Gasteiger partial charge < -0.3 is 11.1 Å². The van der Waals surface area contributed by atoms with Crippen molar-refractivity contribution in [2.24, 2.45) is 11.8 Å². The van der Waals surface area contributed by atoms with E-state index < -0.39 is 0 Å². The summed E-state index contributed by atoms with van der Waals surface area (Å²) in [5.41, 5.74) is 9.76. The molecular weight excluding hydrogens is 270 g/mol. The number of nitrogens with zero attached hydrogens (tertiary/aromatic N) is 1. The summed E-state index contributed by atoms with van der Waals surface area (Å²) < 4.78 is 0. The minimum Gasteiger partial charge on any atom is -0.397 e. The molecule has 0 spiro atoms. The zero-order valence-corrected chi connectivity index (χ0v) is 13.6. The number of benzene rings is 1. The Hall–Kier alpha value is -1.22. The van der Waals surface area contributed by atoms with Crippen LogP contribution in [0.1, 0.15) is 50.5 Å². The highest BCUT2D eigenvalue weighted by atomic mass is 15.1. The Morgan fingerprint density at radius 2 is 1.95 bits per heavy atom. The number of nitrogens with one attached hydrogen (secondary N) is 1. The number of anilines is 2. The van der Waals surface area contributed by atoms with Gasteiger partial charge in [0.15, 0.2) is 0 Å². The highest BCUT2D eigenvalue weighted by Crippen LogP contribution is 2.45. The van der Waals surface area contributed by atoms with Gasteiger partial charge in [-0.3, -0.25) is 4.90 Å². The molecule has 3 nitrogen and oxygen atoms in total. The molecule has 2 saturated carbocycles. The molecule has 1 aromatic carbocycles. The van der Waals surface area contributed by atoms with E-state index in [9.17, 15) is 0 Å². The molecule has 2 bridgehead atoms. The molecule has 1 aliphatic heterocycles. The van der Waals surface area contributed by atoms with Crippen molar-refractivity contribution in [2.75, 3.05) is 24.1 Å². The highest BCUT2D eigenvalue weighted by molar-refractivity contribution is 5.67. The first-order valence-electron chi connectivity index (χ1n) is 9.15. The average Bonchev–Trinajstić information content (AvgIpc) is 3.14. The lowest BCUT2D eigenvalue weighted by molar-refractivity contribution is 0.221. The van der Waals surface area contributed by atoms with Gasteiger partial charge in [0, 0.05) is 12.6 Å². The van der Waals surface area contributed by atoms with Crippen molar-refractivity contribution in [3.05, 3.63) is 23.8 Å². The Morgan fingerprint density at radius 3 is 2.64 bits per heavy atom. The summed E-state index contributed by atoms with van der Waals surface area (Å²) >= 11 is 0. The van der Waals surface area contributed by atoms with Crippen molar-refractivity contribution >= 4 is 11.4 Å². The van der Waals surface area contributed by atoms with Crippen LogP contribution in [0.3, 0.4) is 0 Å². The molecule has 120 valence electrons. The number of nitrogens with two attached hydrogens (primary N) is 1. The fraction of sp³-hybridized carbons (Fsp3) is 0.684. The van der Waals surface area contributed by atoms with Gasteiger partial charge in [-0.05, 0) is 74.7 Å². The molecule has 4 rings (SSSR count). The largest absolute Gasteiger partial charge is 0.397 e. The van der Waals surface area contributed by atoms with Gasteiger partial charge in [0.25, 0.3) is 0 Å². The van der Waals surface area contributed by atoms with E-state index in [2.05, 4.69) is 28.4 Å². The first kappa shape index (κ1) is 14.4. The molecule has 0 aromatic heterocycles. The highest BCUT2D eigenvalue weighted by Gasteiger charge is 2.39. The summed E-state index contributed by atoms with van der Waals surface area (Å²) in [6, 6.07) is 7.32. The predicted molar refractivity (Wildman–Crippen MR) is 92.8 cm³/mol. The number of rotatable bonds is 4. The molecule has 3 aliphatic rings. The predicted octanol–water partition coefficient (Wildman–Crippen LogP) is 3.86. The van der Waals surface area contributed by atoms with Crippen LogP contribution < -0.4 is 11.1 Å². The smallest absolute Gasteiger partial charge is 0.0576 e. The van der Waals surface area contributed by atoms with Crippen molar-refractivity contribution < 1.29 is 0 Å². The molecule has 2 aliphatic carbocycles. The van der Waals surface area contributed by atoms with Crippen LogP contribution in [-0.4, -0.2) is 24.0 Å². The minimum atomic E-state index is 0.661. The van der Waals surface area contributed by atoms with E-state index in [4.69, 9.17) is 5.73 Å². The summed E-state index contributed by atoms with van der Waals surface area (Å²) in [6.07, 6.45) is 9.73. The van der Waals surface area contributed by atoms with Crippen molar-refractivity contribution in [1.29, 1.82) is 0 Å². The Morgan fingerprint density at radius 1 is 1.09 bits per heavy atom. The van der Waals surface area contributed by atoms with Crippen LogP contribution in [0.25, 0.3) is 0 Å². The van der Waals surface area contributed by atoms with Crippen molar-refractivity contribution in [3.8, 4) is 0 Å². The lowest BCUT2D eigenvalue weighted by Gasteiger charge is -2.27. The first-order chi connectivity index (χ1) is 10.8. The summed E-state index contributed by atoms with van der Waals surface area (Å²) in [5, 5.41) is 3.73. The van der Waals surface area contributed by atoms with E-state index in [1.165, 1.54) is 63.6 Å². The van der Waals surface area contributed by atoms with Gasteiger partial charge in [-0.2, -0.15) is 0 Å². The van der Waals surface area contributed by atoms with Crippen LogP contribution in [0, 0.1) is 11.8 Å². The fourth-order valence-electron chi connectivity index (χ4n) is 4.84. The summed E-state index contributed by atoms with van der Waals surface area (Å²) in [5.74, 6) is 1.86. The van der Waals surface area contributed by atoms with Crippen LogP contribution in [0.15, 0.2) is 18.2 Å². The maximum absolute atomic E-state index is 6.32. The number of fused-ring (bicyclic) bond motifs is 2. The standard InChI is InChI=1S/C19H29N3/c20-17-11-15(13-22-8-2-1-3-9-22)5-7-18(17)21-19-12-14-4-6-16(19)10-14/h5,7,11,14,16,19,21H,1-4,6,8-10,12-13,20H2/t14-,16+,19+/m0/s1. The molecule has 1 aromatic rings. The quantitative estimate of drug-likeness (QED) is 0.830. The van der Waals surface area contributed by atoms with Gasteiger partial charge in [-0.1, -0.05) is 18.9 Å². The molecule has 1 saturated heterocycles. The van der Waals surface area contributed by atoms with E-state index in [0.717, 1.165) is 29.8 Å². The molecule has 3 heteroatoms. The van der Waals surface area contributed by atoms with E-state index in [1.54, 1.807) is 0 Å². The Labute approximate surface area is 134 Å². The lowest BCUT2D eigenvalue weighted by atomic mass is 9.95. The average molecular weight is 299 g/mol. The van der Waals surface area contributed by atoms with Gasteiger partial charge in [-0.25, -0.2) is 0 Å². The van der Waals surface area contributed by atoms with E-state index in [0.29, 0.717) is 6.04 Å². The van der Waals surface area contributed by atoms with Crippen molar-refractivity contribution in [2.45, 2.75) is 57.5 Å². The second-order valence-electron chi connectivity index (χ2n) is 7.68. The molecule has 1 heterocycles. The molecule has 0 unspecified atom stereocenters. The summed E-state index contributed by atoms with van der Waals surface area (Å²) in [4.78, 5) is 2.56. The molecule has 0 radical (unpaired) electrons.